The second-order valence-electron chi connectivity index (χ2n) is 4.76. The molecule has 1 aliphatic rings. The third-order valence-electron chi connectivity index (χ3n) is 3.16. The van der Waals surface area contributed by atoms with Gasteiger partial charge in [-0.05, 0) is 31.4 Å². The molecule has 3 rings (SSSR count). The van der Waals surface area contributed by atoms with Crippen LogP contribution in [0.1, 0.15) is 18.4 Å². The molecule has 1 fully saturated rings. The number of nitrogens with zero attached hydrogens (tertiary/aromatic N) is 2. The molecule has 3 nitrogen and oxygen atoms in total. The molecule has 0 spiro atoms. The van der Waals surface area contributed by atoms with Crippen molar-refractivity contribution in [3.05, 3.63) is 59.9 Å². The molecule has 112 valence electrons. The number of aromatic nitrogens is 2. The zero-order valence-corrected chi connectivity index (χ0v) is 11.4. The molecule has 0 bridgehead atoms. The van der Waals surface area contributed by atoms with Gasteiger partial charge in [0.25, 0.3) is 5.95 Å². The van der Waals surface area contributed by atoms with Gasteiger partial charge in [0.05, 0.1) is 6.20 Å². The topological polar surface area (TPSA) is 37.8 Å². The molecule has 0 amide bonds. The van der Waals surface area contributed by atoms with Crippen LogP contribution in [0.5, 0.6) is 0 Å². The maximum atomic E-state index is 11.8. The zero-order chi connectivity index (χ0) is 15.1. The summed E-state index contributed by atoms with van der Waals surface area (Å²) >= 11 is 0. The van der Waals surface area contributed by atoms with E-state index in [0.29, 0.717) is 6.20 Å². The van der Waals surface area contributed by atoms with Gasteiger partial charge < -0.3 is 5.32 Å². The molecule has 0 aliphatic carbocycles. The molecule has 2 aromatic rings. The first-order chi connectivity index (χ1) is 10.1. The van der Waals surface area contributed by atoms with E-state index < -0.39 is 17.8 Å². The number of nitrogens with one attached hydrogen (secondary N) is 1. The van der Waals surface area contributed by atoms with E-state index in [4.69, 9.17) is 0 Å². The minimum atomic E-state index is -1.47. The predicted octanol–water partition coefficient (Wildman–Crippen LogP) is 2.88. The molecule has 0 radical (unpaired) electrons. The molecule has 0 saturated carbocycles. The average molecular weight is 295 g/mol. The van der Waals surface area contributed by atoms with Gasteiger partial charge in [-0.15, -0.1) is 0 Å². The molecule has 6 heteroatoms. The third-order valence-corrected chi connectivity index (χ3v) is 3.16. The van der Waals surface area contributed by atoms with Crippen molar-refractivity contribution in [2.24, 2.45) is 0 Å². The van der Waals surface area contributed by atoms with Gasteiger partial charge in [-0.2, -0.15) is 13.8 Å². The Morgan fingerprint density at radius 1 is 1.14 bits per heavy atom. The molecule has 1 atom stereocenters. The lowest BCUT2D eigenvalue weighted by Gasteiger charge is -2.08. The number of hydrogen-bond donors (Lipinski definition) is 1. The first kappa shape index (κ1) is 15.4. The number of rotatable bonds is 2. The smallest absolute Gasteiger partial charge is 0.311 e. The third kappa shape index (κ3) is 5.15. The van der Waals surface area contributed by atoms with Crippen molar-refractivity contribution >= 4 is 0 Å². The summed E-state index contributed by atoms with van der Waals surface area (Å²) in [5.74, 6) is -2.72. The largest absolute Gasteiger partial charge is 0.314 e. The Kier molecular flexibility index (Phi) is 5.68. The van der Waals surface area contributed by atoms with Crippen LogP contribution >= 0.6 is 0 Å². The van der Waals surface area contributed by atoms with E-state index in [0.717, 1.165) is 6.04 Å². The normalized spacial score (nSPS) is 17.2. The van der Waals surface area contributed by atoms with Crippen LogP contribution in [0.4, 0.5) is 13.2 Å². The van der Waals surface area contributed by atoms with Crippen molar-refractivity contribution in [3.8, 4) is 0 Å². The maximum Gasteiger partial charge on any atom is 0.311 e. The fraction of sp³-hybridized carbons (Fsp3) is 0.333. The van der Waals surface area contributed by atoms with Crippen LogP contribution in [0.15, 0.2) is 36.5 Å². The second kappa shape index (κ2) is 7.73. The highest BCUT2D eigenvalue weighted by Gasteiger charge is 2.13. The maximum absolute atomic E-state index is 11.8. The van der Waals surface area contributed by atoms with Gasteiger partial charge in [0, 0.05) is 6.04 Å². The van der Waals surface area contributed by atoms with Crippen LogP contribution in [0.2, 0.25) is 0 Å². The Labute approximate surface area is 121 Å². The standard InChI is InChI=1S/C11H15N.C4HF3N2/c1-2-5-10(6-3-1)9-11-7-4-8-12-11;5-2-1-8-4(7)9-3(2)6/h1-3,5-6,11-12H,4,7-9H2;1H. The van der Waals surface area contributed by atoms with Crippen molar-refractivity contribution < 1.29 is 13.2 Å². The van der Waals surface area contributed by atoms with Crippen LogP contribution in [-0.4, -0.2) is 22.6 Å². The van der Waals surface area contributed by atoms with Crippen molar-refractivity contribution in [3.63, 3.8) is 0 Å². The average Bonchev–Trinajstić information content (AvgIpc) is 2.98. The number of halogens is 3. The molecule has 1 aromatic heterocycles. The monoisotopic (exact) mass is 295 g/mol. The molecular formula is C15H16F3N3. The van der Waals surface area contributed by atoms with Gasteiger partial charge in [-0.25, -0.2) is 9.37 Å². The van der Waals surface area contributed by atoms with E-state index in [-0.39, 0.29) is 0 Å². The fourth-order valence-electron chi connectivity index (χ4n) is 2.16. The molecule has 21 heavy (non-hydrogen) atoms. The van der Waals surface area contributed by atoms with Crippen LogP contribution in [0.3, 0.4) is 0 Å². The fourth-order valence-corrected chi connectivity index (χ4v) is 2.16. The lowest BCUT2D eigenvalue weighted by atomic mass is 10.1. The van der Waals surface area contributed by atoms with E-state index in [2.05, 4.69) is 45.6 Å². The molecule has 1 aromatic carbocycles. The summed E-state index contributed by atoms with van der Waals surface area (Å²) in [5, 5.41) is 3.51. The molecular weight excluding hydrogens is 279 g/mol. The summed E-state index contributed by atoms with van der Waals surface area (Å²) in [4.78, 5) is 5.20. The predicted molar refractivity (Wildman–Crippen MR) is 73.1 cm³/mol. The van der Waals surface area contributed by atoms with E-state index in [1.807, 2.05) is 0 Å². The van der Waals surface area contributed by atoms with Crippen molar-refractivity contribution in [2.75, 3.05) is 6.54 Å². The summed E-state index contributed by atoms with van der Waals surface area (Å²) in [6.07, 6.45) is 3.04. The zero-order valence-electron chi connectivity index (χ0n) is 11.4. The van der Waals surface area contributed by atoms with E-state index in [1.165, 1.54) is 31.4 Å². The Hall–Kier alpha value is -1.95. The number of hydrogen-bond acceptors (Lipinski definition) is 3. The molecule has 1 aliphatic heterocycles. The summed E-state index contributed by atoms with van der Waals surface area (Å²) in [7, 11) is 0. The van der Waals surface area contributed by atoms with Crippen LogP contribution < -0.4 is 5.32 Å². The first-order valence-electron chi connectivity index (χ1n) is 6.76. The lowest BCUT2D eigenvalue weighted by Crippen LogP contribution is -2.23. The Morgan fingerprint density at radius 2 is 1.90 bits per heavy atom. The van der Waals surface area contributed by atoms with Gasteiger partial charge in [0.1, 0.15) is 0 Å². The van der Waals surface area contributed by atoms with Crippen LogP contribution in [0.25, 0.3) is 0 Å². The second-order valence-corrected chi connectivity index (χ2v) is 4.76. The molecule has 2 heterocycles. The van der Waals surface area contributed by atoms with Crippen molar-refractivity contribution in [2.45, 2.75) is 25.3 Å². The Morgan fingerprint density at radius 3 is 2.48 bits per heavy atom. The van der Waals surface area contributed by atoms with Crippen LogP contribution in [-0.2, 0) is 6.42 Å². The van der Waals surface area contributed by atoms with Gasteiger partial charge >= 0.3 is 6.08 Å². The van der Waals surface area contributed by atoms with Gasteiger partial charge in [-0.1, -0.05) is 30.3 Å². The summed E-state index contributed by atoms with van der Waals surface area (Å²) < 4.78 is 35.4. The van der Waals surface area contributed by atoms with E-state index in [1.54, 1.807) is 0 Å². The Balaban J connectivity index is 0.000000161. The molecule has 1 N–H and O–H groups in total. The molecule has 1 saturated heterocycles. The van der Waals surface area contributed by atoms with Crippen molar-refractivity contribution in [1.82, 2.24) is 15.3 Å². The van der Waals surface area contributed by atoms with Crippen LogP contribution in [0, 0.1) is 17.8 Å². The van der Waals surface area contributed by atoms with E-state index >= 15 is 0 Å². The summed E-state index contributed by atoms with van der Waals surface area (Å²) in [5.41, 5.74) is 1.46. The Bertz CT molecular complexity index is 557. The lowest BCUT2D eigenvalue weighted by molar-refractivity contribution is 0.426. The highest BCUT2D eigenvalue weighted by Crippen LogP contribution is 2.11. The first-order valence-corrected chi connectivity index (χ1v) is 6.76. The quantitative estimate of drug-likeness (QED) is 0.684. The molecule has 1 unspecified atom stereocenters. The van der Waals surface area contributed by atoms with Gasteiger partial charge in [0.2, 0.25) is 0 Å². The van der Waals surface area contributed by atoms with E-state index in [9.17, 15) is 13.2 Å². The van der Waals surface area contributed by atoms with Crippen molar-refractivity contribution in [1.29, 1.82) is 0 Å². The highest BCUT2D eigenvalue weighted by molar-refractivity contribution is 5.16. The van der Waals surface area contributed by atoms with Gasteiger partial charge in [-0.3, -0.25) is 0 Å². The summed E-state index contributed by atoms with van der Waals surface area (Å²) in [6, 6.07) is 11.5. The highest BCUT2D eigenvalue weighted by atomic mass is 19.2. The minimum Gasteiger partial charge on any atom is -0.314 e. The SMILES string of the molecule is Fc1ncc(F)c(F)n1.c1ccc(CC2CCCN2)cc1. The number of benzene rings is 1. The summed E-state index contributed by atoms with van der Waals surface area (Å²) in [6.45, 7) is 1.21. The minimum absolute atomic E-state index is 0.428. The van der Waals surface area contributed by atoms with Gasteiger partial charge in [0.15, 0.2) is 5.82 Å².